The number of carbonyl (C=O) groups is 2. The highest BCUT2D eigenvalue weighted by Gasteiger charge is 2.37. The quantitative estimate of drug-likeness (QED) is 0.811. The molecule has 2 heterocycles. The monoisotopic (exact) mass is 267 g/mol. The lowest BCUT2D eigenvalue weighted by Crippen LogP contribution is -2.38. The van der Waals surface area contributed by atoms with Crippen LogP contribution in [0.4, 0.5) is 0 Å². The summed E-state index contributed by atoms with van der Waals surface area (Å²) in [6, 6.07) is -0.381. The number of rotatable bonds is 5. The third-order valence-corrected chi connectivity index (χ3v) is 3.82. The number of aryl methyl sites for hydroxylation is 1. The second kappa shape index (κ2) is 5.58. The van der Waals surface area contributed by atoms with Crippen molar-refractivity contribution in [3.8, 4) is 0 Å². The number of aromatic nitrogens is 1. The number of likely N-dealkylation sites (tertiary alicyclic amines) is 1. The molecule has 1 aliphatic rings. The molecule has 2 rings (SSSR count). The lowest BCUT2D eigenvalue weighted by Gasteiger charge is -2.13. The van der Waals surface area contributed by atoms with Gasteiger partial charge in [-0.1, -0.05) is 6.92 Å². The molecule has 0 bridgehead atoms. The van der Waals surface area contributed by atoms with Crippen LogP contribution < -0.4 is 5.32 Å². The van der Waals surface area contributed by atoms with E-state index < -0.39 is 0 Å². The molecule has 1 aliphatic heterocycles. The molecule has 1 aromatic rings. The van der Waals surface area contributed by atoms with E-state index in [2.05, 4.69) is 10.3 Å². The van der Waals surface area contributed by atoms with Gasteiger partial charge in [0.25, 0.3) is 0 Å². The lowest BCUT2D eigenvalue weighted by atomic mass is 10.2. The van der Waals surface area contributed by atoms with E-state index in [1.165, 1.54) is 4.90 Å². The number of thiazole rings is 1. The second-order valence-corrected chi connectivity index (χ2v) is 5.35. The third-order valence-electron chi connectivity index (χ3n) is 2.86. The highest BCUT2D eigenvalue weighted by Crippen LogP contribution is 2.15. The van der Waals surface area contributed by atoms with Crippen molar-refractivity contribution in [2.45, 2.75) is 39.3 Å². The number of hydrogen-bond donors (Lipinski definition) is 1. The summed E-state index contributed by atoms with van der Waals surface area (Å²) in [5, 5.41) is 6.04. The maximum Gasteiger partial charge on any atom is 0.246 e. The Kier molecular flexibility index (Phi) is 4.08. The zero-order chi connectivity index (χ0) is 13.1. The summed E-state index contributed by atoms with van der Waals surface area (Å²) in [6.45, 7) is 4.96. The van der Waals surface area contributed by atoms with Crippen molar-refractivity contribution in [3.63, 3.8) is 0 Å². The first kappa shape index (κ1) is 13.2. The van der Waals surface area contributed by atoms with Gasteiger partial charge < -0.3 is 0 Å². The van der Waals surface area contributed by atoms with Gasteiger partial charge in [0, 0.05) is 24.2 Å². The van der Waals surface area contributed by atoms with E-state index in [1.54, 1.807) is 11.3 Å². The first-order valence-corrected chi connectivity index (χ1v) is 6.98. The van der Waals surface area contributed by atoms with E-state index in [9.17, 15) is 9.59 Å². The van der Waals surface area contributed by atoms with E-state index >= 15 is 0 Å². The smallest absolute Gasteiger partial charge is 0.246 e. The summed E-state index contributed by atoms with van der Waals surface area (Å²) in [6.07, 6.45) is 1.07. The number of carbonyl (C=O) groups excluding carboxylic acids is 2. The zero-order valence-electron chi connectivity index (χ0n) is 10.6. The summed E-state index contributed by atoms with van der Waals surface area (Å²) < 4.78 is 0. The lowest BCUT2D eigenvalue weighted by molar-refractivity contribution is -0.138. The van der Waals surface area contributed by atoms with Crippen LogP contribution in [0.15, 0.2) is 5.38 Å². The number of hydrogen-bond acceptors (Lipinski definition) is 5. The van der Waals surface area contributed by atoms with Crippen LogP contribution in [-0.4, -0.2) is 34.3 Å². The van der Waals surface area contributed by atoms with Crippen LogP contribution in [0.3, 0.4) is 0 Å². The first-order valence-electron chi connectivity index (χ1n) is 6.10. The van der Waals surface area contributed by atoms with Crippen LogP contribution in [0.1, 0.15) is 30.5 Å². The van der Waals surface area contributed by atoms with Crippen LogP contribution in [0, 0.1) is 6.92 Å². The molecule has 0 aromatic carbocycles. The molecule has 0 radical (unpaired) electrons. The fraction of sp³-hybridized carbons (Fsp3) is 0.583. The van der Waals surface area contributed by atoms with Gasteiger partial charge in [-0.2, -0.15) is 0 Å². The van der Waals surface area contributed by atoms with Crippen molar-refractivity contribution < 1.29 is 9.59 Å². The predicted molar refractivity (Wildman–Crippen MR) is 69.1 cm³/mol. The van der Waals surface area contributed by atoms with Gasteiger partial charge in [-0.25, -0.2) is 4.98 Å². The Labute approximate surface area is 110 Å². The second-order valence-electron chi connectivity index (χ2n) is 4.40. The Bertz CT molecular complexity index is 458. The van der Waals surface area contributed by atoms with Crippen LogP contribution in [0.25, 0.3) is 0 Å². The van der Waals surface area contributed by atoms with Crippen molar-refractivity contribution in [3.05, 3.63) is 16.1 Å². The van der Waals surface area contributed by atoms with Crippen molar-refractivity contribution in [1.82, 2.24) is 15.2 Å². The van der Waals surface area contributed by atoms with Crippen molar-refractivity contribution in [2.75, 3.05) is 6.54 Å². The van der Waals surface area contributed by atoms with E-state index in [0.717, 1.165) is 17.1 Å². The van der Waals surface area contributed by atoms with E-state index in [-0.39, 0.29) is 24.3 Å². The Hall–Kier alpha value is -1.27. The van der Waals surface area contributed by atoms with Gasteiger partial charge in [-0.3, -0.25) is 19.8 Å². The Morgan fingerprint density at radius 2 is 2.33 bits per heavy atom. The highest BCUT2D eigenvalue weighted by molar-refractivity contribution is 7.09. The predicted octanol–water partition coefficient (Wildman–Crippen LogP) is 1.08. The van der Waals surface area contributed by atoms with Crippen molar-refractivity contribution in [1.29, 1.82) is 0 Å². The summed E-state index contributed by atoms with van der Waals surface area (Å²) in [4.78, 5) is 29.3. The van der Waals surface area contributed by atoms with E-state index in [0.29, 0.717) is 13.1 Å². The number of nitrogens with one attached hydrogen (secondary N) is 1. The minimum atomic E-state index is -0.381. The van der Waals surface area contributed by atoms with Gasteiger partial charge >= 0.3 is 0 Å². The van der Waals surface area contributed by atoms with Crippen LogP contribution >= 0.6 is 11.3 Å². The Balaban J connectivity index is 1.91. The van der Waals surface area contributed by atoms with Gasteiger partial charge in [0.15, 0.2) is 0 Å². The molecule has 2 amide bonds. The van der Waals surface area contributed by atoms with Gasteiger partial charge in [0.2, 0.25) is 11.8 Å². The van der Waals surface area contributed by atoms with Gasteiger partial charge in [0.1, 0.15) is 5.01 Å². The fourth-order valence-corrected chi connectivity index (χ4v) is 2.72. The molecule has 1 N–H and O–H groups in total. The van der Waals surface area contributed by atoms with E-state index in [4.69, 9.17) is 0 Å². The van der Waals surface area contributed by atoms with Crippen molar-refractivity contribution in [2.24, 2.45) is 0 Å². The third kappa shape index (κ3) is 2.76. The molecule has 0 spiro atoms. The minimum Gasteiger partial charge on any atom is -0.299 e. The summed E-state index contributed by atoms with van der Waals surface area (Å²) in [5.41, 5.74) is 0.984. The maximum atomic E-state index is 12.0. The Morgan fingerprint density at radius 3 is 2.94 bits per heavy atom. The SMILES string of the molecule is CCCN1C(=O)CC(NCc2nc(C)cs2)C1=O. The number of amides is 2. The van der Waals surface area contributed by atoms with Crippen LogP contribution in [0.5, 0.6) is 0 Å². The van der Waals surface area contributed by atoms with Gasteiger partial charge in [0.05, 0.1) is 12.5 Å². The molecule has 0 aliphatic carbocycles. The summed E-state index contributed by atoms with van der Waals surface area (Å²) >= 11 is 1.56. The highest BCUT2D eigenvalue weighted by atomic mass is 32.1. The Morgan fingerprint density at radius 1 is 1.56 bits per heavy atom. The van der Waals surface area contributed by atoms with Crippen LogP contribution in [0.2, 0.25) is 0 Å². The fourth-order valence-electron chi connectivity index (χ4n) is 2.00. The standard InChI is InChI=1S/C12H17N3O2S/c1-3-4-15-11(16)5-9(12(15)17)13-6-10-14-8(2)7-18-10/h7,9,13H,3-6H2,1-2H3. The van der Waals surface area contributed by atoms with Gasteiger partial charge in [-0.05, 0) is 13.3 Å². The molecular weight excluding hydrogens is 250 g/mol. The molecule has 1 atom stereocenters. The van der Waals surface area contributed by atoms with E-state index in [1.807, 2.05) is 19.2 Å². The largest absolute Gasteiger partial charge is 0.299 e. The normalized spacial score (nSPS) is 19.9. The summed E-state index contributed by atoms with van der Waals surface area (Å²) in [5.74, 6) is -0.176. The summed E-state index contributed by atoms with van der Waals surface area (Å²) in [7, 11) is 0. The molecule has 0 saturated carbocycles. The molecule has 1 saturated heterocycles. The molecule has 18 heavy (non-hydrogen) atoms. The maximum absolute atomic E-state index is 12.0. The molecule has 6 heteroatoms. The molecule has 1 fully saturated rings. The topological polar surface area (TPSA) is 62.3 Å². The average molecular weight is 267 g/mol. The first-order chi connectivity index (χ1) is 8.61. The minimum absolute atomic E-state index is 0.0744. The number of nitrogens with zero attached hydrogens (tertiary/aromatic N) is 2. The molecule has 1 unspecified atom stereocenters. The average Bonchev–Trinajstić information content (AvgIpc) is 2.86. The van der Waals surface area contributed by atoms with Gasteiger partial charge in [-0.15, -0.1) is 11.3 Å². The number of imide groups is 1. The molecule has 98 valence electrons. The molecule has 1 aromatic heterocycles. The van der Waals surface area contributed by atoms with Crippen molar-refractivity contribution >= 4 is 23.2 Å². The molecular formula is C12H17N3O2S. The zero-order valence-corrected chi connectivity index (χ0v) is 11.4. The molecule has 5 nitrogen and oxygen atoms in total. The van der Waals surface area contributed by atoms with Crippen LogP contribution in [-0.2, 0) is 16.1 Å².